The Morgan fingerprint density at radius 2 is 0.957 bits per heavy atom. The molecule has 0 saturated heterocycles. The number of carboxylic acids is 1. The van der Waals surface area contributed by atoms with E-state index in [4.69, 9.17) is 18.9 Å². The van der Waals surface area contributed by atoms with E-state index in [1.165, 1.54) is 0 Å². The van der Waals surface area contributed by atoms with Gasteiger partial charge in [0.2, 0.25) is 11.8 Å². The second kappa shape index (κ2) is 17.3. The van der Waals surface area contributed by atoms with Crippen LogP contribution in [0.1, 0.15) is 87.1 Å². The van der Waals surface area contributed by atoms with Crippen LogP contribution in [0.25, 0.3) is 0 Å². The molecule has 0 saturated carbocycles. The number of amides is 3. The number of benzene rings is 1. The number of hydrogen-bond donors (Lipinski definition) is 4. The molecule has 0 bridgehead atoms. The van der Waals surface area contributed by atoms with E-state index >= 15 is 0 Å². The number of esters is 3. The molecule has 1 aromatic rings. The van der Waals surface area contributed by atoms with E-state index in [-0.39, 0.29) is 6.61 Å². The molecule has 3 atom stereocenters. The normalized spacial score (nSPS) is 13.6. The third-order valence-electron chi connectivity index (χ3n) is 5.44. The molecule has 0 aliphatic rings. The number of ether oxygens (including phenoxy) is 4. The van der Waals surface area contributed by atoms with Gasteiger partial charge in [-0.15, -0.1) is 0 Å². The summed E-state index contributed by atoms with van der Waals surface area (Å²) in [7, 11) is 0. The SMILES string of the molecule is CC(C)(C)OC(=O)CC(NC(=O)C(CC(=O)OC(C)(C)C)NC(=O)C(CC(=O)OC(C)(C)C)NC(=O)OCc1ccccc1)C(=O)O. The fraction of sp³-hybridized carbons (Fsp3) is 0.594. The quantitative estimate of drug-likeness (QED) is 0.167. The maximum Gasteiger partial charge on any atom is 0.408 e. The fourth-order valence-corrected chi connectivity index (χ4v) is 3.72. The fourth-order valence-electron chi connectivity index (χ4n) is 3.72. The zero-order chi connectivity index (χ0) is 36.2. The predicted molar refractivity (Wildman–Crippen MR) is 166 cm³/mol. The highest BCUT2D eigenvalue weighted by Gasteiger charge is 2.35. The summed E-state index contributed by atoms with van der Waals surface area (Å²) in [6.45, 7) is 14.1. The molecule has 47 heavy (non-hydrogen) atoms. The number of carboxylic acid groups (broad SMARTS) is 1. The molecule has 0 radical (unpaired) electrons. The summed E-state index contributed by atoms with van der Waals surface area (Å²) in [4.78, 5) is 89.0. The third kappa shape index (κ3) is 18.1. The van der Waals surface area contributed by atoms with Crippen LogP contribution in [0.3, 0.4) is 0 Å². The largest absolute Gasteiger partial charge is 0.480 e. The zero-order valence-electron chi connectivity index (χ0n) is 28.4. The molecule has 0 aliphatic carbocycles. The number of hydrogen-bond acceptors (Lipinski definition) is 11. The number of rotatable bonds is 14. The van der Waals surface area contributed by atoms with Crippen LogP contribution in [-0.4, -0.2) is 81.8 Å². The van der Waals surface area contributed by atoms with Crippen LogP contribution in [0.2, 0.25) is 0 Å². The van der Waals surface area contributed by atoms with E-state index in [1.54, 1.807) is 92.6 Å². The summed E-state index contributed by atoms with van der Waals surface area (Å²) in [5.41, 5.74) is -2.21. The van der Waals surface area contributed by atoms with Crippen molar-refractivity contribution in [2.24, 2.45) is 0 Å². The molecule has 0 heterocycles. The molecule has 15 nitrogen and oxygen atoms in total. The van der Waals surface area contributed by atoms with Crippen molar-refractivity contribution in [3.8, 4) is 0 Å². The van der Waals surface area contributed by atoms with Gasteiger partial charge in [-0.05, 0) is 67.9 Å². The first-order valence-electron chi connectivity index (χ1n) is 14.9. The standard InChI is InChI=1S/C32H47N3O12/c1-30(2,3)45-23(36)15-20(26(39)34-22(28(41)42)17-25(38)47-32(7,8)9)33-27(40)21(16-24(37)46-31(4,5)6)35-29(43)44-18-19-13-11-10-12-14-19/h10-14,20-22H,15-18H2,1-9H3,(H,33,40)(H,34,39)(H,35,43)(H,41,42). The predicted octanol–water partition coefficient (Wildman–Crippen LogP) is 2.53. The average Bonchev–Trinajstić information content (AvgIpc) is 2.88. The van der Waals surface area contributed by atoms with Crippen molar-refractivity contribution in [1.82, 2.24) is 16.0 Å². The highest BCUT2D eigenvalue weighted by atomic mass is 16.6. The summed E-state index contributed by atoms with van der Waals surface area (Å²) in [5, 5.41) is 16.3. The van der Waals surface area contributed by atoms with Crippen molar-refractivity contribution in [3.05, 3.63) is 35.9 Å². The molecule has 0 aliphatic heterocycles. The number of aliphatic carboxylic acids is 1. The molecule has 0 spiro atoms. The van der Waals surface area contributed by atoms with Crippen LogP contribution in [0.5, 0.6) is 0 Å². The lowest BCUT2D eigenvalue weighted by Crippen LogP contribution is -2.57. The van der Waals surface area contributed by atoms with Crippen LogP contribution in [0.15, 0.2) is 30.3 Å². The van der Waals surface area contributed by atoms with Gasteiger partial charge in [-0.3, -0.25) is 24.0 Å². The Bertz CT molecular complexity index is 1280. The van der Waals surface area contributed by atoms with Gasteiger partial charge in [-0.25, -0.2) is 9.59 Å². The van der Waals surface area contributed by atoms with Crippen LogP contribution >= 0.6 is 0 Å². The maximum atomic E-state index is 13.5. The van der Waals surface area contributed by atoms with Crippen molar-refractivity contribution in [1.29, 1.82) is 0 Å². The van der Waals surface area contributed by atoms with E-state index in [1.807, 2.05) is 0 Å². The Labute approximate surface area is 274 Å². The van der Waals surface area contributed by atoms with Crippen LogP contribution in [0.4, 0.5) is 4.79 Å². The summed E-state index contributed by atoms with van der Waals surface area (Å²) in [6, 6.07) is 3.42. The minimum absolute atomic E-state index is 0.161. The Balaban J connectivity index is 3.27. The van der Waals surface area contributed by atoms with Crippen molar-refractivity contribution in [2.75, 3.05) is 0 Å². The van der Waals surface area contributed by atoms with Crippen molar-refractivity contribution in [2.45, 2.75) is 123 Å². The van der Waals surface area contributed by atoms with Gasteiger partial charge >= 0.3 is 30.0 Å². The summed E-state index contributed by atoms with van der Waals surface area (Å²) in [6.07, 6.45) is -3.30. The van der Waals surface area contributed by atoms with Gasteiger partial charge in [0.05, 0.1) is 19.3 Å². The van der Waals surface area contributed by atoms with E-state index in [0.29, 0.717) is 5.56 Å². The molecule has 4 N–H and O–H groups in total. The molecule has 1 rings (SSSR count). The van der Waals surface area contributed by atoms with E-state index in [9.17, 15) is 38.7 Å². The Hall–Kier alpha value is -4.69. The maximum absolute atomic E-state index is 13.5. The van der Waals surface area contributed by atoms with Gasteiger partial charge in [0, 0.05) is 0 Å². The molecular formula is C32H47N3O12. The topological polar surface area (TPSA) is 213 Å². The number of carbonyl (C=O) groups excluding carboxylic acids is 6. The van der Waals surface area contributed by atoms with Crippen LogP contribution in [-0.2, 0) is 54.3 Å². The molecule has 1 aromatic carbocycles. The Morgan fingerprint density at radius 1 is 0.596 bits per heavy atom. The minimum atomic E-state index is -1.79. The smallest absolute Gasteiger partial charge is 0.408 e. The number of carbonyl (C=O) groups is 7. The van der Waals surface area contributed by atoms with E-state index in [0.717, 1.165) is 0 Å². The van der Waals surface area contributed by atoms with Crippen molar-refractivity contribution < 1.29 is 57.6 Å². The Morgan fingerprint density at radius 3 is 1.34 bits per heavy atom. The van der Waals surface area contributed by atoms with Crippen LogP contribution in [0, 0.1) is 0 Å². The molecule has 3 unspecified atom stereocenters. The second-order valence-electron chi connectivity index (χ2n) is 13.6. The van der Waals surface area contributed by atoms with Gasteiger partial charge < -0.3 is 40.0 Å². The Kier molecular flexibility index (Phi) is 14.8. The lowest BCUT2D eigenvalue weighted by atomic mass is 10.1. The second-order valence-corrected chi connectivity index (χ2v) is 13.6. The van der Waals surface area contributed by atoms with Crippen molar-refractivity contribution >= 4 is 41.8 Å². The molecule has 15 heteroatoms. The van der Waals surface area contributed by atoms with E-state index in [2.05, 4.69) is 16.0 Å². The summed E-state index contributed by atoms with van der Waals surface area (Å²) < 4.78 is 20.9. The van der Waals surface area contributed by atoms with Gasteiger partial charge in [-0.1, -0.05) is 30.3 Å². The lowest BCUT2D eigenvalue weighted by molar-refractivity contribution is -0.160. The van der Waals surface area contributed by atoms with Gasteiger partial charge in [-0.2, -0.15) is 0 Å². The lowest BCUT2D eigenvalue weighted by Gasteiger charge is -2.26. The highest BCUT2D eigenvalue weighted by molar-refractivity contribution is 5.96. The number of nitrogens with one attached hydrogen (secondary N) is 3. The first kappa shape index (κ1) is 40.3. The molecule has 3 amide bonds. The summed E-state index contributed by atoms with van der Waals surface area (Å²) in [5.74, 6) is -6.59. The van der Waals surface area contributed by atoms with Crippen LogP contribution < -0.4 is 16.0 Å². The monoisotopic (exact) mass is 665 g/mol. The number of alkyl carbamates (subject to hydrolysis) is 1. The molecule has 262 valence electrons. The van der Waals surface area contributed by atoms with Gasteiger partial charge in [0.15, 0.2) is 0 Å². The van der Waals surface area contributed by atoms with Gasteiger partial charge in [0.25, 0.3) is 0 Å². The first-order valence-corrected chi connectivity index (χ1v) is 14.9. The zero-order valence-corrected chi connectivity index (χ0v) is 28.4. The van der Waals surface area contributed by atoms with Crippen molar-refractivity contribution in [3.63, 3.8) is 0 Å². The third-order valence-corrected chi connectivity index (χ3v) is 5.44. The minimum Gasteiger partial charge on any atom is -0.480 e. The average molecular weight is 666 g/mol. The summed E-state index contributed by atoms with van der Waals surface area (Å²) >= 11 is 0. The molecule has 0 aromatic heterocycles. The van der Waals surface area contributed by atoms with Gasteiger partial charge in [0.1, 0.15) is 41.5 Å². The highest BCUT2D eigenvalue weighted by Crippen LogP contribution is 2.13. The first-order chi connectivity index (χ1) is 21.4. The molecular weight excluding hydrogens is 618 g/mol. The van der Waals surface area contributed by atoms with E-state index < -0.39 is 96.0 Å². The molecule has 0 fully saturated rings.